The van der Waals surface area contributed by atoms with Crippen LogP contribution in [0.4, 0.5) is 0 Å². The van der Waals surface area contributed by atoms with Gasteiger partial charge in [-0.25, -0.2) is 0 Å². The summed E-state index contributed by atoms with van der Waals surface area (Å²) in [6, 6.07) is 6.28. The van der Waals surface area contributed by atoms with Crippen molar-refractivity contribution in [2.24, 2.45) is 0 Å². The number of hydrogen-bond donors (Lipinski definition) is 0. The van der Waals surface area contributed by atoms with E-state index in [1.54, 1.807) is 0 Å². The van der Waals surface area contributed by atoms with E-state index >= 15 is 0 Å². The zero-order valence-corrected chi connectivity index (χ0v) is 22.4. The molecule has 0 saturated carbocycles. The van der Waals surface area contributed by atoms with Crippen molar-refractivity contribution in [3.05, 3.63) is 51.0 Å². The quantitative estimate of drug-likeness (QED) is 0.279. The van der Waals surface area contributed by atoms with E-state index < -0.39 is 0 Å². The van der Waals surface area contributed by atoms with Crippen molar-refractivity contribution < 1.29 is 29.4 Å². The van der Waals surface area contributed by atoms with E-state index in [1.165, 1.54) is 33.7 Å². The Hall–Kier alpha value is -0.223. The number of aromatic nitrogens is 5. The number of pyridine rings is 1. The fourth-order valence-electron chi connectivity index (χ4n) is 2.93. The summed E-state index contributed by atoms with van der Waals surface area (Å²) in [5.74, 6) is 1.93. The molecule has 5 nitrogen and oxygen atoms in total. The molecule has 3 rings (SSSR count). The van der Waals surface area contributed by atoms with Crippen molar-refractivity contribution in [1.29, 1.82) is 0 Å². The van der Waals surface area contributed by atoms with Gasteiger partial charge in [0.1, 0.15) is 0 Å². The van der Waals surface area contributed by atoms with E-state index in [-0.39, 0.29) is 29.4 Å². The summed E-state index contributed by atoms with van der Waals surface area (Å²) in [5, 5.41) is 0. The number of nitrogens with zero attached hydrogens (tertiary/aromatic N) is 5. The Kier molecular flexibility index (Phi) is 9.02. The molecule has 28 heavy (non-hydrogen) atoms. The molecule has 0 saturated heterocycles. The van der Waals surface area contributed by atoms with Gasteiger partial charge >= 0.3 is 195 Å². The molecule has 0 unspecified atom stereocenters. The minimum atomic E-state index is 0.141. The fraction of sp³-hybridized carbons (Fsp3) is 0.421. The molecule has 0 aliphatic heterocycles. The molecule has 0 atom stereocenters. The van der Waals surface area contributed by atoms with Crippen molar-refractivity contribution in [1.82, 2.24) is 23.3 Å². The first-order valence-electron chi connectivity index (χ1n) is 9.36. The number of hydrogen-bond acceptors (Lipinski definition) is 1. The summed E-state index contributed by atoms with van der Waals surface area (Å²) >= 11 is 7.74. The number of unbranched alkanes of at least 4 members (excludes halogenated alkanes) is 2. The summed E-state index contributed by atoms with van der Waals surface area (Å²) in [7, 11) is 0. The van der Waals surface area contributed by atoms with E-state index in [2.05, 4.69) is 102 Å². The number of halogens is 2. The van der Waals surface area contributed by atoms with E-state index in [1.807, 2.05) is 0 Å². The van der Waals surface area contributed by atoms with Gasteiger partial charge in [0, 0.05) is 0 Å². The summed E-state index contributed by atoms with van der Waals surface area (Å²) in [5.41, 5.74) is 0. The van der Waals surface area contributed by atoms with Crippen molar-refractivity contribution in [3.63, 3.8) is 0 Å². The maximum atomic E-state index is 5.00. The molecular weight excluding hydrogens is 664 g/mol. The molecule has 0 radical (unpaired) electrons. The molecule has 0 amide bonds. The Morgan fingerprint density at radius 2 is 1.25 bits per heavy atom. The third-order valence-electron chi connectivity index (χ3n) is 4.45. The zero-order chi connectivity index (χ0) is 19.9. The van der Waals surface area contributed by atoms with Gasteiger partial charge in [-0.2, -0.15) is 0 Å². The second kappa shape index (κ2) is 11.2. The minimum absolute atomic E-state index is 0.141. The number of rotatable bonds is 8. The third-order valence-corrected chi connectivity index (χ3v) is 9.53. The van der Waals surface area contributed by atoms with Gasteiger partial charge in [-0.15, -0.1) is 0 Å². The fourth-order valence-corrected chi connectivity index (χ4v) is 8.12. The molecule has 0 bridgehead atoms. The van der Waals surface area contributed by atoms with Crippen molar-refractivity contribution >= 4 is 27.2 Å². The van der Waals surface area contributed by atoms with Gasteiger partial charge in [0.2, 0.25) is 0 Å². The van der Waals surface area contributed by atoms with E-state index in [0.29, 0.717) is 0 Å². The van der Waals surface area contributed by atoms with E-state index in [0.717, 1.165) is 24.7 Å². The maximum absolute atomic E-state index is 5.00. The van der Waals surface area contributed by atoms with Crippen LogP contribution >= 0.6 is 27.2 Å². The van der Waals surface area contributed by atoms with Gasteiger partial charge in [0.15, 0.2) is 0 Å². The normalized spacial score (nSPS) is 14.0. The molecule has 0 fully saturated rings. The Morgan fingerprint density at radius 1 is 0.786 bits per heavy atom. The summed E-state index contributed by atoms with van der Waals surface area (Å²) in [4.78, 5) is 5.00. The van der Waals surface area contributed by atoms with Gasteiger partial charge in [-0.3, -0.25) is 0 Å². The molecular formula is C19H25Br2N5Rh2. The molecule has 0 aliphatic carbocycles. The first-order valence-corrected chi connectivity index (χ1v) is 18.5. The predicted octanol–water partition coefficient (Wildman–Crippen LogP) is 5.71. The van der Waals surface area contributed by atoms with Crippen LogP contribution in [-0.2, 0) is 42.5 Å². The second-order valence-electron chi connectivity index (χ2n) is 6.41. The van der Waals surface area contributed by atoms with Crippen LogP contribution < -0.4 is 0 Å². The van der Waals surface area contributed by atoms with Crippen LogP contribution in [0.3, 0.4) is 0 Å². The summed E-state index contributed by atoms with van der Waals surface area (Å²) in [6.45, 7) is 6.57. The van der Waals surface area contributed by atoms with Crippen LogP contribution in [0.2, 0.25) is 0 Å². The van der Waals surface area contributed by atoms with Gasteiger partial charge in [-0.1, -0.05) is 0 Å². The third kappa shape index (κ3) is 5.09. The van der Waals surface area contributed by atoms with Crippen molar-refractivity contribution in [2.45, 2.75) is 52.6 Å². The summed E-state index contributed by atoms with van der Waals surface area (Å²) in [6.07, 6.45) is 13.4. The predicted molar refractivity (Wildman–Crippen MR) is 113 cm³/mol. The van der Waals surface area contributed by atoms with Gasteiger partial charge < -0.3 is 0 Å². The Labute approximate surface area is 193 Å². The molecule has 0 spiro atoms. The topological polar surface area (TPSA) is 32.6 Å². The molecule has 0 N–H and O–H groups in total. The van der Waals surface area contributed by atoms with Crippen molar-refractivity contribution in [2.75, 3.05) is 0 Å². The van der Waals surface area contributed by atoms with E-state index in [9.17, 15) is 0 Å². The Morgan fingerprint density at radius 3 is 1.64 bits per heavy atom. The Balaban J connectivity index is 2.01. The molecule has 158 valence electrons. The van der Waals surface area contributed by atoms with Crippen molar-refractivity contribution in [3.8, 4) is 11.6 Å². The van der Waals surface area contributed by atoms with Crippen LogP contribution in [0.5, 0.6) is 0 Å². The van der Waals surface area contributed by atoms with Gasteiger partial charge in [0.25, 0.3) is 0 Å². The molecule has 0 aliphatic rings. The first-order chi connectivity index (χ1) is 13.7. The van der Waals surface area contributed by atoms with Crippen LogP contribution in [0.15, 0.2) is 43.0 Å². The molecule has 3 aromatic heterocycles. The molecule has 9 heteroatoms. The molecule has 3 aromatic rings. The standard InChI is InChI=1S/C19H25N5.2BrH.2Rh/c1-3-5-10-21-12-14-23(16-21)18-8-7-9-19(20-18)24-15-13-22(17-24)11-6-4-2;;;;/h7-9,12-15H,3-6,10-11H2,1-2H3;2*1H;;/q;;;2*+1/p-2. The average molecular weight is 689 g/mol. The summed E-state index contributed by atoms with van der Waals surface area (Å²) < 4.78 is 11.7. The number of imidazole rings is 2. The van der Waals surface area contributed by atoms with Crippen LogP contribution in [-0.4, -0.2) is 23.3 Å². The molecule has 0 aromatic carbocycles. The zero-order valence-electron chi connectivity index (χ0n) is 15.9. The number of aryl methyl sites for hydroxylation is 2. The first kappa shape index (κ1) is 22.5. The van der Waals surface area contributed by atoms with Gasteiger partial charge in [-0.05, 0) is 0 Å². The van der Waals surface area contributed by atoms with Gasteiger partial charge in [0.05, 0.1) is 0 Å². The SMILES string of the molecule is CCCCn1ccn(-c2cccc(-n3ccn(CCCC)[c]3=[Rh][Br])n2)[c]1=[Rh][Br]. The monoisotopic (exact) mass is 687 g/mol. The Bertz CT molecular complexity index is 966. The van der Waals surface area contributed by atoms with Crippen LogP contribution in [0.1, 0.15) is 39.5 Å². The van der Waals surface area contributed by atoms with E-state index in [4.69, 9.17) is 4.98 Å². The molecule has 3 heterocycles. The van der Waals surface area contributed by atoms with Crippen LogP contribution in [0, 0.1) is 8.03 Å². The average Bonchev–Trinajstić information content (AvgIpc) is 3.34. The van der Waals surface area contributed by atoms with Crippen LogP contribution in [0.25, 0.3) is 11.6 Å². The second-order valence-corrected chi connectivity index (χ2v) is 11.6.